The maximum absolute atomic E-state index is 12.3. The van der Waals surface area contributed by atoms with Gasteiger partial charge in [-0.3, -0.25) is 4.79 Å². The van der Waals surface area contributed by atoms with Gasteiger partial charge in [0, 0.05) is 24.6 Å². The van der Waals surface area contributed by atoms with Crippen molar-refractivity contribution in [1.82, 2.24) is 15.1 Å². The number of amides is 1. The molecule has 0 saturated carbocycles. The van der Waals surface area contributed by atoms with Crippen LogP contribution >= 0.6 is 0 Å². The van der Waals surface area contributed by atoms with E-state index >= 15 is 0 Å². The second kappa shape index (κ2) is 10.7. The number of ether oxygens (including phenoxy) is 3. The highest BCUT2D eigenvalue weighted by molar-refractivity contribution is 5.76. The molecule has 2 aromatic carbocycles. The maximum atomic E-state index is 12.3. The SMILES string of the molecule is COc1ccc(-n2nc(C)c(CCC(=O)NCC(C)C)c2Oc2cccc(OC)c2)cc1. The monoisotopic (exact) mass is 437 g/mol. The van der Waals surface area contributed by atoms with E-state index in [2.05, 4.69) is 19.2 Å². The Morgan fingerprint density at radius 3 is 2.38 bits per heavy atom. The van der Waals surface area contributed by atoms with Gasteiger partial charge in [-0.2, -0.15) is 5.10 Å². The first-order valence-electron chi connectivity index (χ1n) is 10.7. The highest BCUT2D eigenvalue weighted by Gasteiger charge is 2.20. The van der Waals surface area contributed by atoms with Crippen LogP contribution in [0.5, 0.6) is 23.1 Å². The van der Waals surface area contributed by atoms with Crippen LogP contribution in [0.25, 0.3) is 5.69 Å². The quantitative estimate of drug-likeness (QED) is 0.498. The molecule has 1 heterocycles. The van der Waals surface area contributed by atoms with E-state index in [0.29, 0.717) is 42.7 Å². The summed E-state index contributed by atoms with van der Waals surface area (Å²) in [5.74, 6) is 3.09. The molecule has 7 heteroatoms. The van der Waals surface area contributed by atoms with Gasteiger partial charge in [-0.1, -0.05) is 19.9 Å². The summed E-state index contributed by atoms with van der Waals surface area (Å²) in [6, 6.07) is 15.0. The molecular formula is C25H31N3O4. The minimum absolute atomic E-state index is 0.0163. The zero-order chi connectivity index (χ0) is 23.1. The normalized spacial score (nSPS) is 10.8. The number of benzene rings is 2. The van der Waals surface area contributed by atoms with Gasteiger partial charge in [0.25, 0.3) is 0 Å². The lowest BCUT2D eigenvalue weighted by Gasteiger charge is -2.13. The topological polar surface area (TPSA) is 74.6 Å². The molecule has 1 amide bonds. The first-order chi connectivity index (χ1) is 15.4. The third-order valence-electron chi connectivity index (χ3n) is 5.02. The van der Waals surface area contributed by atoms with E-state index in [1.165, 1.54) is 0 Å². The van der Waals surface area contributed by atoms with Gasteiger partial charge in [-0.25, -0.2) is 4.68 Å². The Morgan fingerprint density at radius 2 is 1.72 bits per heavy atom. The van der Waals surface area contributed by atoms with Gasteiger partial charge >= 0.3 is 0 Å². The van der Waals surface area contributed by atoms with Gasteiger partial charge in [0.2, 0.25) is 11.8 Å². The van der Waals surface area contributed by atoms with Gasteiger partial charge in [0.1, 0.15) is 17.2 Å². The van der Waals surface area contributed by atoms with E-state index in [0.717, 1.165) is 22.7 Å². The van der Waals surface area contributed by atoms with E-state index in [1.807, 2.05) is 55.5 Å². The third kappa shape index (κ3) is 5.81. The number of aryl methyl sites for hydroxylation is 1. The molecule has 3 rings (SSSR count). The van der Waals surface area contributed by atoms with Crippen LogP contribution in [0.4, 0.5) is 0 Å². The number of nitrogens with zero attached hydrogens (tertiary/aromatic N) is 2. The van der Waals surface area contributed by atoms with Gasteiger partial charge in [0.15, 0.2) is 0 Å². The average Bonchev–Trinajstić information content (AvgIpc) is 3.11. The standard InChI is InChI=1S/C25H31N3O4/c1-17(2)16-26-24(29)14-13-23-18(3)27-28(19-9-11-20(30-4)12-10-19)25(23)32-22-8-6-7-21(15-22)31-5/h6-12,15,17H,13-14,16H2,1-5H3,(H,26,29). The maximum Gasteiger partial charge on any atom is 0.226 e. The molecule has 0 aliphatic carbocycles. The third-order valence-corrected chi connectivity index (χ3v) is 5.02. The van der Waals surface area contributed by atoms with Crippen LogP contribution in [0.1, 0.15) is 31.5 Å². The van der Waals surface area contributed by atoms with Crippen molar-refractivity contribution in [3.8, 4) is 28.8 Å². The Balaban J connectivity index is 1.93. The van der Waals surface area contributed by atoms with Gasteiger partial charge in [-0.05, 0) is 55.7 Å². The first kappa shape index (κ1) is 23.2. The van der Waals surface area contributed by atoms with Crippen molar-refractivity contribution in [2.45, 2.75) is 33.6 Å². The largest absolute Gasteiger partial charge is 0.497 e. The zero-order valence-electron chi connectivity index (χ0n) is 19.3. The number of methoxy groups -OCH3 is 2. The van der Waals surface area contributed by atoms with Crippen molar-refractivity contribution in [3.63, 3.8) is 0 Å². The average molecular weight is 438 g/mol. The molecule has 0 radical (unpaired) electrons. The molecule has 0 spiro atoms. The molecule has 1 aromatic heterocycles. The zero-order valence-corrected chi connectivity index (χ0v) is 19.3. The Hall–Kier alpha value is -3.48. The number of carbonyl (C=O) groups excluding carboxylic acids is 1. The van der Waals surface area contributed by atoms with Gasteiger partial charge in [0.05, 0.1) is 25.6 Å². The van der Waals surface area contributed by atoms with Crippen molar-refractivity contribution < 1.29 is 19.0 Å². The smallest absolute Gasteiger partial charge is 0.226 e. The molecule has 32 heavy (non-hydrogen) atoms. The van der Waals surface area contributed by atoms with Crippen LogP contribution in [0, 0.1) is 12.8 Å². The molecule has 170 valence electrons. The Bertz CT molecular complexity index is 1040. The van der Waals surface area contributed by atoms with Crippen LogP contribution < -0.4 is 19.5 Å². The number of aromatic nitrogens is 2. The van der Waals surface area contributed by atoms with E-state index in [1.54, 1.807) is 18.9 Å². The highest BCUT2D eigenvalue weighted by atomic mass is 16.5. The minimum Gasteiger partial charge on any atom is -0.497 e. The van der Waals surface area contributed by atoms with E-state index in [-0.39, 0.29) is 5.91 Å². The van der Waals surface area contributed by atoms with Crippen LogP contribution in [0.3, 0.4) is 0 Å². The molecule has 0 saturated heterocycles. The summed E-state index contributed by atoms with van der Waals surface area (Å²) in [6.07, 6.45) is 0.877. The Morgan fingerprint density at radius 1 is 1.03 bits per heavy atom. The molecule has 1 N–H and O–H groups in total. The minimum atomic E-state index is 0.0163. The van der Waals surface area contributed by atoms with Crippen LogP contribution in [0.2, 0.25) is 0 Å². The summed E-state index contributed by atoms with van der Waals surface area (Å²) < 4.78 is 18.7. The Kier molecular flexibility index (Phi) is 7.76. The summed E-state index contributed by atoms with van der Waals surface area (Å²) in [4.78, 5) is 12.3. The molecule has 0 atom stereocenters. The number of hydrogen-bond acceptors (Lipinski definition) is 5. The first-order valence-corrected chi connectivity index (χ1v) is 10.7. The summed E-state index contributed by atoms with van der Waals surface area (Å²) in [5.41, 5.74) is 2.54. The second-order valence-electron chi connectivity index (χ2n) is 7.96. The number of carbonyl (C=O) groups is 1. The molecule has 3 aromatic rings. The molecule has 0 aliphatic heterocycles. The summed E-state index contributed by atoms with van der Waals surface area (Å²) in [5, 5.41) is 7.68. The van der Waals surface area contributed by atoms with Crippen LogP contribution in [-0.4, -0.2) is 36.5 Å². The number of hydrogen-bond donors (Lipinski definition) is 1. The fourth-order valence-electron chi connectivity index (χ4n) is 3.25. The highest BCUT2D eigenvalue weighted by Crippen LogP contribution is 2.33. The van der Waals surface area contributed by atoms with Crippen molar-refractivity contribution in [3.05, 3.63) is 59.8 Å². The Labute approximate surface area is 189 Å². The predicted octanol–water partition coefficient (Wildman–Crippen LogP) is 4.70. The lowest BCUT2D eigenvalue weighted by atomic mass is 10.1. The second-order valence-corrected chi connectivity index (χ2v) is 7.96. The fourth-order valence-corrected chi connectivity index (χ4v) is 3.25. The van der Waals surface area contributed by atoms with Crippen molar-refractivity contribution in [2.75, 3.05) is 20.8 Å². The lowest BCUT2D eigenvalue weighted by Crippen LogP contribution is -2.27. The fraction of sp³-hybridized carbons (Fsp3) is 0.360. The summed E-state index contributed by atoms with van der Waals surface area (Å²) >= 11 is 0. The summed E-state index contributed by atoms with van der Waals surface area (Å²) in [7, 11) is 3.25. The van der Waals surface area contributed by atoms with Gasteiger partial charge in [-0.15, -0.1) is 0 Å². The molecule has 0 fully saturated rings. The number of nitrogens with one attached hydrogen (secondary N) is 1. The molecule has 7 nitrogen and oxygen atoms in total. The van der Waals surface area contributed by atoms with E-state index in [9.17, 15) is 4.79 Å². The van der Waals surface area contributed by atoms with Crippen molar-refractivity contribution >= 4 is 5.91 Å². The van der Waals surface area contributed by atoms with Crippen molar-refractivity contribution in [2.24, 2.45) is 5.92 Å². The molecular weight excluding hydrogens is 406 g/mol. The molecule has 0 bridgehead atoms. The van der Waals surface area contributed by atoms with Crippen LogP contribution in [0.15, 0.2) is 48.5 Å². The van der Waals surface area contributed by atoms with Crippen molar-refractivity contribution in [1.29, 1.82) is 0 Å². The predicted molar refractivity (Wildman–Crippen MR) is 124 cm³/mol. The van der Waals surface area contributed by atoms with Gasteiger partial charge < -0.3 is 19.5 Å². The molecule has 0 aliphatic rings. The van der Waals surface area contributed by atoms with Crippen LogP contribution in [-0.2, 0) is 11.2 Å². The summed E-state index contributed by atoms with van der Waals surface area (Å²) in [6.45, 7) is 6.74. The lowest BCUT2D eigenvalue weighted by molar-refractivity contribution is -0.121. The van der Waals surface area contributed by atoms with E-state index < -0.39 is 0 Å². The molecule has 0 unspecified atom stereocenters. The number of rotatable bonds is 10. The van der Waals surface area contributed by atoms with E-state index in [4.69, 9.17) is 19.3 Å².